The molecule has 2 aromatic rings. The third-order valence-electron chi connectivity index (χ3n) is 2.77. The number of pyridine rings is 1. The summed E-state index contributed by atoms with van der Waals surface area (Å²) in [5.74, 6) is 0.448. The number of nitrogens with zero attached hydrogens (tertiary/aromatic N) is 1. The Bertz CT molecular complexity index is 728. The fraction of sp³-hybridized carbons (Fsp3) is 0.214. The van der Waals surface area contributed by atoms with Crippen LogP contribution in [0.5, 0.6) is 5.88 Å². The van der Waals surface area contributed by atoms with Crippen LogP contribution in [0.2, 0.25) is 0 Å². The van der Waals surface area contributed by atoms with Gasteiger partial charge in [-0.2, -0.15) is 0 Å². The van der Waals surface area contributed by atoms with E-state index < -0.39 is 10.0 Å². The topological polar surface area (TPSA) is 94.3 Å². The average Bonchev–Trinajstić information content (AvgIpc) is 2.40. The minimum Gasteiger partial charge on any atom is -0.478 e. The Hall–Kier alpha value is -2.28. The van der Waals surface area contributed by atoms with Gasteiger partial charge in [-0.3, -0.25) is 4.72 Å². The summed E-state index contributed by atoms with van der Waals surface area (Å²) in [4.78, 5) is 4.20. The van der Waals surface area contributed by atoms with Crippen molar-refractivity contribution in [2.24, 2.45) is 0 Å². The number of ether oxygens (including phenoxy) is 1. The maximum Gasteiger partial charge on any atom is 0.262 e. The molecule has 21 heavy (non-hydrogen) atoms. The number of nitrogens with one attached hydrogen (secondary N) is 1. The molecule has 0 unspecified atom stereocenters. The Morgan fingerprint density at radius 2 is 2.05 bits per heavy atom. The van der Waals surface area contributed by atoms with Crippen molar-refractivity contribution in [3.8, 4) is 5.88 Å². The van der Waals surface area contributed by atoms with Gasteiger partial charge in [0.2, 0.25) is 5.88 Å². The molecular formula is C14H17N3O3S. The first-order valence-corrected chi connectivity index (χ1v) is 7.88. The molecule has 2 rings (SSSR count). The number of rotatable bonds is 5. The zero-order valence-electron chi connectivity index (χ0n) is 11.8. The summed E-state index contributed by atoms with van der Waals surface area (Å²) < 4.78 is 32.3. The quantitative estimate of drug-likeness (QED) is 0.826. The predicted octanol–water partition coefficient (Wildman–Crippen LogP) is 2.17. The Balaban J connectivity index is 2.24. The molecule has 6 nitrogen and oxygen atoms in total. The number of sulfonamides is 1. The normalized spacial score (nSPS) is 11.1. The Kier molecular flexibility index (Phi) is 4.32. The first-order chi connectivity index (χ1) is 9.92. The van der Waals surface area contributed by atoms with E-state index in [0.29, 0.717) is 29.4 Å². The summed E-state index contributed by atoms with van der Waals surface area (Å²) in [6.07, 6.45) is 1.41. The summed E-state index contributed by atoms with van der Waals surface area (Å²) in [6, 6.07) is 7.86. The highest BCUT2D eigenvalue weighted by molar-refractivity contribution is 7.92. The van der Waals surface area contributed by atoms with Gasteiger partial charge in [0.15, 0.2) is 0 Å². The van der Waals surface area contributed by atoms with Gasteiger partial charge in [0.25, 0.3) is 10.0 Å². The van der Waals surface area contributed by atoms with Crippen LogP contribution in [0.25, 0.3) is 0 Å². The van der Waals surface area contributed by atoms with Crippen LogP contribution in [0.15, 0.2) is 41.4 Å². The maximum atomic E-state index is 12.3. The molecule has 0 saturated heterocycles. The summed E-state index contributed by atoms with van der Waals surface area (Å²) in [6.45, 7) is 4.05. The van der Waals surface area contributed by atoms with E-state index in [1.54, 1.807) is 31.2 Å². The molecular weight excluding hydrogens is 290 g/mol. The maximum absolute atomic E-state index is 12.3. The second kappa shape index (κ2) is 6.01. The van der Waals surface area contributed by atoms with E-state index in [4.69, 9.17) is 10.5 Å². The number of aryl methyl sites for hydroxylation is 1. The van der Waals surface area contributed by atoms with Gasteiger partial charge in [0.1, 0.15) is 0 Å². The molecule has 0 aliphatic carbocycles. The molecule has 0 atom stereocenters. The van der Waals surface area contributed by atoms with Gasteiger partial charge in [-0.25, -0.2) is 13.4 Å². The van der Waals surface area contributed by atoms with Crippen molar-refractivity contribution in [2.45, 2.75) is 18.7 Å². The lowest BCUT2D eigenvalue weighted by Gasteiger charge is -2.11. The van der Waals surface area contributed by atoms with E-state index in [0.717, 1.165) is 0 Å². The molecule has 0 aliphatic rings. The van der Waals surface area contributed by atoms with Crippen LogP contribution in [-0.2, 0) is 10.0 Å². The molecule has 0 bridgehead atoms. The summed E-state index contributed by atoms with van der Waals surface area (Å²) >= 11 is 0. The van der Waals surface area contributed by atoms with E-state index in [-0.39, 0.29) is 4.90 Å². The highest BCUT2D eigenvalue weighted by Crippen LogP contribution is 2.21. The molecule has 0 amide bonds. The van der Waals surface area contributed by atoms with Crippen LogP contribution in [0.4, 0.5) is 11.4 Å². The van der Waals surface area contributed by atoms with Gasteiger partial charge in [-0.05, 0) is 43.7 Å². The van der Waals surface area contributed by atoms with Crippen LogP contribution < -0.4 is 15.2 Å². The van der Waals surface area contributed by atoms with Crippen LogP contribution in [0, 0.1) is 6.92 Å². The standard InChI is InChI=1S/C14H17N3O3S/c1-3-20-14-7-5-12(9-16-14)17-21(18,19)13-6-4-11(15)8-10(13)2/h4-9,17H,3,15H2,1-2H3. The largest absolute Gasteiger partial charge is 0.478 e. The Labute approximate surface area is 124 Å². The lowest BCUT2D eigenvalue weighted by molar-refractivity contribution is 0.327. The van der Waals surface area contributed by atoms with Gasteiger partial charge in [-0.15, -0.1) is 0 Å². The highest BCUT2D eigenvalue weighted by atomic mass is 32.2. The SMILES string of the molecule is CCOc1ccc(NS(=O)(=O)c2ccc(N)cc2C)cn1. The molecule has 1 aromatic carbocycles. The van der Waals surface area contributed by atoms with E-state index in [2.05, 4.69) is 9.71 Å². The lowest BCUT2D eigenvalue weighted by atomic mass is 10.2. The molecule has 3 N–H and O–H groups in total. The predicted molar refractivity (Wildman–Crippen MR) is 81.8 cm³/mol. The van der Waals surface area contributed by atoms with Crippen molar-refractivity contribution in [1.82, 2.24) is 4.98 Å². The van der Waals surface area contributed by atoms with Gasteiger partial charge < -0.3 is 10.5 Å². The van der Waals surface area contributed by atoms with Crippen molar-refractivity contribution in [3.63, 3.8) is 0 Å². The number of anilines is 2. The Morgan fingerprint density at radius 1 is 1.29 bits per heavy atom. The van der Waals surface area contributed by atoms with Crippen molar-refractivity contribution >= 4 is 21.4 Å². The van der Waals surface area contributed by atoms with E-state index in [1.165, 1.54) is 12.3 Å². The lowest BCUT2D eigenvalue weighted by Crippen LogP contribution is -2.14. The highest BCUT2D eigenvalue weighted by Gasteiger charge is 2.17. The van der Waals surface area contributed by atoms with Gasteiger partial charge in [0, 0.05) is 11.8 Å². The molecule has 112 valence electrons. The van der Waals surface area contributed by atoms with Gasteiger partial charge in [0.05, 0.1) is 23.4 Å². The second-order valence-electron chi connectivity index (χ2n) is 4.45. The van der Waals surface area contributed by atoms with Crippen molar-refractivity contribution in [2.75, 3.05) is 17.1 Å². The minimum atomic E-state index is -3.67. The smallest absolute Gasteiger partial charge is 0.262 e. The number of nitrogens with two attached hydrogens (primary N) is 1. The number of nitrogen functional groups attached to an aromatic ring is 1. The fourth-order valence-electron chi connectivity index (χ4n) is 1.86. The molecule has 7 heteroatoms. The first kappa shape index (κ1) is 15.1. The molecule has 0 spiro atoms. The van der Waals surface area contributed by atoms with Crippen molar-refractivity contribution in [3.05, 3.63) is 42.1 Å². The van der Waals surface area contributed by atoms with Gasteiger partial charge >= 0.3 is 0 Å². The Morgan fingerprint density at radius 3 is 2.62 bits per heavy atom. The molecule has 1 aromatic heterocycles. The summed E-state index contributed by atoms with van der Waals surface area (Å²) in [7, 11) is -3.67. The first-order valence-electron chi connectivity index (χ1n) is 6.40. The summed E-state index contributed by atoms with van der Waals surface area (Å²) in [5, 5.41) is 0. The number of hydrogen-bond acceptors (Lipinski definition) is 5. The second-order valence-corrected chi connectivity index (χ2v) is 6.10. The summed E-state index contributed by atoms with van der Waals surface area (Å²) in [5.41, 5.74) is 7.11. The third kappa shape index (κ3) is 3.63. The molecule has 1 heterocycles. The van der Waals surface area contributed by atoms with Crippen LogP contribution >= 0.6 is 0 Å². The van der Waals surface area contributed by atoms with Crippen LogP contribution in [0.1, 0.15) is 12.5 Å². The fourth-order valence-corrected chi connectivity index (χ4v) is 3.13. The zero-order valence-corrected chi connectivity index (χ0v) is 12.6. The van der Waals surface area contributed by atoms with Crippen LogP contribution in [0.3, 0.4) is 0 Å². The molecule has 0 radical (unpaired) electrons. The van der Waals surface area contributed by atoms with E-state index in [9.17, 15) is 8.42 Å². The monoisotopic (exact) mass is 307 g/mol. The number of hydrogen-bond donors (Lipinski definition) is 2. The minimum absolute atomic E-state index is 0.186. The van der Waals surface area contributed by atoms with Crippen molar-refractivity contribution in [1.29, 1.82) is 0 Å². The van der Waals surface area contributed by atoms with Crippen LogP contribution in [-0.4, -0.2) is 20.0 Å². The average molecular weight is 307 g/mol. The van der Waals surface area contributed by atoms with E-state index >= 15 is 0 Å². The third-order valence-corrected chi connectivity index (χ3v) is 4.31. The molecule has 0 fully saturated rings. The number of benzene rings is 1. The molecule has 0 aliphatic heterocycles. The van der Waals surface area contributed by atoms with Crippen molar-refractivity contribution < 1.29 is 13.2 Å². The van der Waals surface area contributed by atoms with Gasteiger partial charge in [-0.1, -0.05) is 0 Å². The zero-order chi connectivity index (χ0) is 15.5. The number of aromatic nitrogens is 1. The van der Waals surface area contributed by atoms with E-state index in [1.807, 2.05) is 6.92 Å². The molecule has 0 saturated carbocycles.